The number of nitrogens with zero attached hydrogens (tertiary/aromatic N) is 1. The molecule has 0 fully saturated rings. The highest BCUT2D eigenvalue weighted by molar-refractivity contribution is 7.98. The van der Waals surface area contributed by atoms with Crippen LogP contribution in [0.4, 0.5) is 0 Å². The average molecular weight is 266 g/mol. The van der Waals surface area contributed by atoms with Gasteiger partial charge >= 0.3 is 0 Å². The Morgan fingerprint density at radius 2 is 2.22 bits per heavy atom. The third-order valence-electron chi connectivity index (χ3n) is 2.07. The predicted octanol–water partition coefficient (Wildman–Crippen LogP) is 1.03. The van der Waals surface area contributed by atoms with Crippen LogP contribution < -0.4 is 11.0 Å². The first-order valence-corrected chi connectivity index (χ1v) is 6.04. The molecule has 2 aromatic rings. The van der Waals surface area contributed by atoms with Gasteiger partial charge in [0.2, 0.25) is 5.43 Å². The van der Waals surface area contributed by atoms with Crippen LogP contribution in [0.25, 0.3) is 0 Å². The van der Waals surface area contributed by atoms with E-state index in [-0.39, 0.29) is 5.56 Å². The second kappa shape index (κ2) is 5.09. The van der Waals surface area contributed by atoms with Crippen LogP contribution in [0.5, 0.6) is 5.75 Å². The van der Waals surface area contributed by atoms with E-state index >= 15 is 0 Å². The minimum atomic E-state index is -0.498. The van der Waals surface area contributed by atoms with Gasteiger partial charge in [-0.25, -0.2) is 4.98 Å². The quantitative estimate of drug-likeness (QED) is 0.636. The lowest BCUT2D eigenvalue weighted by Crippen LogP contribution is -2.08. The van der Waals surface area contributed by atoms with Gasteiger partial charge < -0.3 is 14.5 Å². The van der Waals surface area contributed by atoms with E-state index < -0.39 is 11.2 Å². The van der Waals surface area contributed by atoms with Crippen molar-refractivity contribution in [2.45, 2.75) is 17.8 Å². The van der Waals surface area contributed by atoms with E-state index in [9.17, 15) is 9.59 Å². The maximum Gasteiger partial charge on any atom is 0.251 e. The molecule has 0 unspecified atom stereocenters. The molecule has 2 aromatic heterocycles. The first kappa shape index (κ1) is 12.4. The first-order valence-electron chi connectivity index (χ1n) is 5.06. The van der Waals surface area contributed by atoms with E-state index in [1.54, 1.807) is 6.92 Å². The van der Waals surface area contributed by atoms with Crippen molar-refractivity contribution in [3.8, 4) is 5.75 Å². The van der Waals surface area contributed by atoms with Crippen LogP contribution in [0.3, 0.4) is 0 Å². The Bertz CT molecular complexity index is 677. The van der Waals surface area contributed by atoms with Crippen molar-refractivity contribution in [1.29, 1.82) is 0 Å². The molecule has 0 aliphatic heterocycles. The van der Waals surface area contributed by atoms with Gasteiger partial charge in [-0.3, -0.25) is 9.59 Å². The number of aromatic amines is 1. The Balaban J connectivity index is 2.13. The molecule has 0 saturated carbocycles. The number of aromatic nitrogens is 2. The lowest BCUT2D eigenvalue weighted by atomic mass is 10.4. The fourth-order valence-corrected chi connectivity index (χ4v) is 2.09. The van der Waals surface area contributed by atoms with Gasteiger partial charge in [0.25, 0.3) is 5.56 Å². The number of aryl methyl sites for hydroxylation is 1. The third kappa shape index (κ3) is 3.01. The molecule has 2 rings (SSSR count). The summed E-state index contributed by atoms with van der Waals surface area (Å²) in [6.07, 6.45) is 0.991. The van der Waals surface area contributed by atoms with E-state index in [0.717, 1.165) is 6.26 Å². The molecule has 2 heterocycles. The van der Waals surface area contributed by atoms with E-state index in [4.69, 9.17) is 9.52 Å². The lowest BCUT2D eigenvalue weighted by Gasteiger charge is -2.01. The van der Waals surface area contributed by atoms with Crippen molar-refractivity contribution in [2.24, 2.45) is 0 Å². The number of rotatable bonds is 3. The molecule has 6 nitrogen and oxygen atoms in total. The number of nitrogens with one attached hydrogen (secondary N) is 1. The van der Waals surface area contributed by atoms with Crippen LogP contribution in [-0.4, -0.2) is 15.1 Å². The molecule has 2 N–H and O–H groups in total. The highest BCUT2D eigenvalue weighted by Gasteiger charge is 2.04. The summed E-state index contributed by atoms with van der Waals surface area (Å²) >= 11 is 1.24. The first-order chi connectivity index (χ1) is 8.54. The van der Waals surface area contributed by atoms with Gasteiger partial charge in [0.05, 0.1) is 5.75 Å². The zero-order valence-electron chi connectivity index (χ0n) is 9.47. The summed E-state index contributed by atoms with van der Waals surface area (Å²) in [4.78, 5) is 29.1. The molecule has 0 aliphatic rings. The minimum absolute atomic E-state index is 0.225. The van der Waals surface area contributed by atoms with Crippen LogP contribution >= 0.6 is 11.8 Å². The van der Waals surface area contributed by atoms with E-state index in [1.165, 1.54) is 23.9 Å². The highest BCUT2D eigenvalue weighted by atomic mass is 32.2. The fraction of sp³-hybridized carbons (Fsp3) is 0.182. The smallest absolute Gasteiger partial charge is 0.251 e. The molecule has 7 heteroatoms. The van der Waals surface area contributed by atoms with Gasteiger partial charge in [0.15, 0.2) is 10.9 Å². The van der Waals surface area contributed by atoms with Gasteiger partial charge in [-0.05, 0) is 6.92 Å². The predicted molar refractivity (Wildman–Crippen MR) is 65.8 cm³/mol. The van der Waals surface area contributed by atoms with Crippen LogP contribution in [0.2, 0.25) is 0 Å². The molecule has 0 amide bonds. The van der Waals surface area contributed by atoms with Crippen LogP contribution in [0.1, 0.15) is 11.5 Å². The number of hydrogen-bond donors (Lipinski definition) is 2. The zero-order chi connectivity index (χ0) is 13.1. The Morgan fingerprint density at radius 3 is 2.89 bits per heavy atom. The zero-order valence-corrected chi connectivity index (χ0v) is 10.3. The summed E-state index contributed by atoms with van der Waals surface area (Å²) in [5, 5.41) is 9.48. The summed E-state index contributed by atoms with van der Waals surface area (Å²) in [6.45, 7) is 1.72. The Labute approximate surface area is 106 Å². The summed E-state index contributed by atoms with van der Waals surface area (Å²) in [5.41, 5.74) is -0.104. The Hall–Kier alpha value is -2.02. The van der Waals surface area contributed by atoms with E-state index in [1.807, 2.05) is 0 Å². The Kier molecular flexibility index (Phi) is 3.52. The molecule has 0 radical (unpaired) electrons. The second-order valence-electron chi connectivity index (χ2n) is 3.58. The van der Waals surface area contributed by atoms with Gasteiger partial charge in [0, 0.05) is 17.8 Å². The van der Waals surface area contributed by atoms with Gasteiger partial charge in [-0.2, -0.15) is 0 Å². The highest BCUT2D eigenvalue weighted by Crippen LogP contribution is 2.18. The molecule has 0 spiro atoms. The molecular weight excluding hydrogens is 256 g/mol. The summed E-state index contributed by atoms with van der Waals surface area (Å²) in [5.74, 6) is 0.305. The molecule has 18 heavy (non-hydrogen) atoms. The van der Waals surface area contributed by atoms with Crippen LogP contribution in [-0.2, 0) is 5.75 Å². The van der Waals surface area contributed by atoms with Crippen molar-refractivity contribution in [2.75, 3.05) is 0 Å². The van der Waals surface area contributed by atoms with Gasteiger partial charge in [0.1, 0.15) is 12.0 Å². The normalized spacial score (nSPS) is 10.5. The Morgan fingerprint density at radius 1 is 1.44 bits per heavy atom. The van der Waals surface area contributed by atoms with Gasteiger partial charge in [-0.1, -0.05) is 11.8 Å². The molecular formula is C11H10N2O4S. The minimum Gasteiger partial charge on any atom is -0.502 e. The monoisotopic (exact) mass is 266 g/mol. The lowest BCUT2D eigenvalue weighted by molar-refractivity contribution is 0.419. The fourth-order valence-electron chi connectivity index (χ4n) is 1.28. The standard InChI is InChI=1S/C11H10N2O4S/c1-6-2-10(16)13-11(12-6)18-5-7-3-8(14)9(15)4-17-7/h2-4,15H,5H2,1H3,(H,12,13,16). The van der Waals surface area contributed by atoms with Crippen molar-refractivity contribution >= 4 is 11.8 Å². The third-order valence-corrected chi connectivity index (χ3v) is 2.96. The molecule has 94 valence electrons. The second-order valence-corrected chi connectivity index (χ2v) is 4.54. The van der Waals surface area contributed by atoms with Crippen molar-refractivity contribution in [3.05, 3.63) is 50.4 Å². The largest absolute Gasteiger partial charge is 0.502 e. The molecule has 0 bridgehead atoms. The maximum atomic E-state index is 11.2. The van der Waals surface area contributed by atoms with Crippen LogP contribution in [0.15, 0.2) is 37.6 Å². The number of thioether (sulfide) groups is 1. The summed E-state index contributed by atoms with van der Waals surface area (Å²) in [7, 11) is 0. The molecule has 0 aliphatic carbocycles. The maximum absolute atomic E-state index is 11.2. The SMILES string of the molecule is Cc1cc(=O)[nH]c(SCc2cc(=O)c(O)co2)n1. The topological polar surface area (TPSA) is 96.2 Å². The van der Waals surface area contributed by atoms with Gasteiger partial charge in [-0.15, -0.1) is 0 Å². The van der Waals surface area contributed by atoms with Crippen molar-refractivity contribution < 1.29 is 9.52 Å². The molecule has 0 saturated heterocycles. The van der Waals surface area contributed by atoms with Crippen molar-refractivity contribution in [3.63, 3.8) is 0 Å². The van der Waals surface area contributed by atoms with Crippen molar-refractivity contribution in [1.82, 2.24) is 9.97 Å². The number of aromatic hydroxyl groups is 1. The van der Waals surface area contributed by atoms with E-state index in [2.05, 4.69) is 9.97 Å². The van der Waals surface area contributed by atoms with E-state index in [0.29, 0.717) is 22.4 Å². The number of H-pyrrole nitrogens is 1. The summed E-state index contributed by atoms with van der Waals surface area (Å²) < 4.78 is 5.03. The molecule has 0 atom stereocenters. The average Bonchev–Trinajstić information content (AvgIpc) is 2.29. The number of hydrogen-bond acceptors (Lipinski definition) is 6. The molecule has 0 aromatic carbocycles. The van der Waals surface area contributed by atoms with Crippen LogP contribution in [0, 0.1) is 6.92 Å². The summed E-state index contributed by atoms with van der Waals surface area (Å²) in [6, 6.07) is 2.60.